The molecule has 2 nitrogen and oxygen atoms in total. The highest BCUT2D eigenvalue weighted by atomic mass is 16.7. The van der Waals surface area contributed by atoms with Crippen molar-refractivity contribution in [2.24, 2.45) is 0 Å². The lowest BCUT2D eigenvalue weighted by Gasteiger charge is -2.21. The molecule has 0 radical (unpaired) electrons. The fourth-order valence-electron chi connectivity index (χ4n) is 0.798. The maximum Gasteiger partial charge on any atom is 0.190 e. The van der Waals surface area contributed by atoms with Crippen LogP contribution in [-0.4, -0.2) is 25.8 Å². The lowest BCUT2D eigenvalue weighted by molar-refractivity contribution is -1.03. The predicted octanol–water partition coefficient (Wildman–Crippen LogP) is 1.69. The fraction of sp³-hybridized carbons (Fsp3) is 0.333. The number of hydrogen-bond donors (Lipinski definition) is 0. The van der Waals surface area contributed by atoms with Crippen LogP contribution in [0.1, 0.15) is 0 Å². The van der Waals surface area contributed by atoms with Crippen LogP contribution in [0.3, 0.4) is 0 Å². The molecule has 0 fully saturated rings. The van der Waals surface area contributed by atoms with E-state index in [-0.39, 0.29) is 0 Å². The van der Waals surface area contributed by atoms with Gasteiger partial charge in [0.05, 0.1) is 0 Å². The Balaban J connectivity index is 2.66. The van der Waals surface area contributed by atoms with Gasteiger partial charge in [0, 0.05) is 0 Å². The molecule has 0 unspecified atom stereocenters. The Morgan fingerprint density at radius 3 is 2.00 bits per heavy atom. The van der Waals surface area contributed by atoms with Gasteiger partial charge in [-0.15, -0.1) is 4.65 Å². The van der Waals surface area contributed by atoms with Crippen LogP contribution in [0.2, 0.25) is 0 Å². The molecule has 0 N–H and O–H groups in total. The van der Waals surface area contributed by atoms with E-state index in [1.54, 1.807) is 0 Å². The summed E-state index contributed by atoms with van der Waals surface area (Å²) in [6, 6.07) is 9.80. The summed E-state index contributed by atoms with van der Waals surface area (Å²) in [7, 11) is 5.94. The van der Waals surface area contributed by atoms with Gasteiger partial charge >= 0.3 is 0 Å². The predicted molar refractivity (Wildman–Crippen MR) is 45.1 cm³/mol. The molecule has 0 amide bonds. The normalized spacial score (nSPS) is 11.2. The smallest absolute Gasteiger partial charge is 0.190 e. The molecular formula is C9H14NO+. The molecule has 0 bridgehead atoms. The van der Waals surface area contributed by atoms with Crippen molar-refractivity contribution in [2.45, 2.75) is 0 Å². The first-order valence-corrected chi connectivity index (χ1v) is 3.64. The first kappa shape index (κ1) is 8.08. The molecule has 1 rings (SSSR count). The molecule has 0 spiro atoms. The average Bonchev–Trinajstić information content (AvgIpc) is 1.85. The van der Waals surface area contributed by atoms with Crippen molar-refractivity contribution in [3.8, 4) is 5.75 Å². The number of benzene rings is 1. The van der Waals surface area contributed by atoms with E-state index >= 15 is 0 Å². The standard InChI is InChI=1S/C9H14NO/c1-10(2,3)11-9-7-5-4-6-8-9/h4-8H,1-3H3/q+1. The number of quaternary nitrogens is 1. The molecule has 1 aromatic carbocycles. The van der Waals surface area contributed by atoms with Gasteiger partial charge in [0.25, 0.3) is 0 Å². The van der Waals surface area contributed by atoms with Crippen LogP contribution in [0.15, 0.2) is 30.3 Å². The molecule has 0 atom stereocenters. The lowest BCUT2D eigenvalue weighted by atomic mass is 10.3. The highest BCUT2D eigenvalue weighted by Gasteiger charge is 2.08. The summed E-state index contributed by atoms with van der Waals surface area (Å²) in [4.78, 5) is 5.54. The van der Waals surface area contributed by atoms with Crippen LogP contribution < -0.4 is 4.84 Å². The maximum atomic E-state index is 5.54. The van der Waals surface area contributed by atoms with Crippen LogP contribution in [-0.2, 0) is 0 Å². The lowest BCUT2D eigenvalue weighted by Crippen LogP contribution is -2.37. The van der Waals surface area contributed by atoms with E-state index in [4.69, 9.17) is 4.84 Å². The minimum atomic E-state index is 0.490. The Morgan fingerprint density at radius 1 is 1.00 bits per heavy atom. The molecule has 0 saturated heterocycles. The molecule has 1 aromatic rings. The second-order valence-electron chi connectivity index (χ2n) is 3.29. The Morgan fingerprint density at radius 2 is 1.55 bits per heavy atom. The van der Waals surface area contributed by atoms with E-state index in [9.17, 15) is 0 Å². The van der Waals surface area contributed by atoms with Crippen LogP contribution in [0.5, 0.6) is 5.75 Å². The molecule has 60 valence electrons. The number of hydroxylamine groups is 3. The molecule has 0 aliphatic rings. The minimum Gasteiger partial charge on any atom is -0.316 e. The maximum absolute atomic E-state index is 5.54. The molecule has 0 saturated carbocycles. The van der Waals surface area contributed by atoms with Crippen molar-refractivity contribution in [3.05, 3.63) is 30.3 Å². The van der Waals surface area contributed by atoms with Crippen LogP contribution >= 0.6 is 0 Å². The van der Waals surface area contributed by atoms with Gasteiger partial charge in [0.15, 0.2) is 5.75 Å². The van der Waals surface area contributed by atoms with Gasteiger partial charge in [0.2, 0.25) is 0 Å². The monoisotopic (exact) mass is 152 g/mol. The van der Waals surface area contributed by atoms with Gasteiger partial charge in [-0.3, -0.25) is 0 Å². The van der Waals surface area contributed by atoms with E-state index in [1.165, 1.54) is 0 Å². The van der Waals surface area contributed by atoms with Crippen molar-refractivity contribution in [1.82, 2.24) is 0 Å². The van der Waals surface area contributed by atoms with E-state index in [0.29, 0.717) is 4.65 Å². The van der Waals surface area contributed by atoms with E-state index in [1.807, 2.05) is 51.5 Å². The van der Waals surface area contributed by atoms with Crippen molar-refractivity contribution in [2.75, 3.05) is 21.1 Å². The van der Waals surface area contributed by atoms with Crippen LogP contribution in [0.25, 0.3) is 0 Å². The molecular weight excluding hydrogens is 138 g/mol. The zero-order valence-corrected chi connectivity index (χ0v) is 7.24. The van der Waals surface area contributed by atoms with Gasteiger partial charge in [0.1, 0.15) is 21.1 Å². The molecule has 0 aromatic heterocycles. The third kappa shape index (κ3) is 3.05. The Kier molecular flexibility index (Phi) is 2.15. The fourth-order valence-corrected chi connectivity index (χ4v) is 0.798. The molecule has 0 aliphatic carbocycles. The Hall–Kier alpha value is -1.02. The molecule has 2 heteroatoms. The van der Waals surface area contributed by atoms with Crippen molar-refractivity contribution >= 4 is 0 Å². The highest BCUT2D eigenvalue weighted by molar-refractivity contribution is 5.20. The topological polar surface area (TPSA) is 9.23 Å². The first-order chi connectivity index (χ1) is 5.08. The zero-order valence-electron chi connectivity index (χ0n) is 7.24. The third-order valence-electron chi connectivity index (χ3n) is 1.12. The van der Waals surface area contributed by atoms with Gasteiger partial charge in [-0.25, -0.2) is 0 Å². The van der Waals surface area contributed by atoms with Crippen LogP contribution in [0.4, 0.5) is 0 Å². The van der Waals surface area contributed by atoms with Crippen molar-refractivity contribution in [3.63, 3.8) is 0 Å². The summed E-state index contributed by atoms with van der Waals surface area (Å²) in [6.07, 6.45) is 0. The van der Waals surface area contributed by atoms with E-state index in [0.717, 1.165) is 5.75 Å². The summed E-state index contributed by atoms with van der Waals surface area (Å²) in [5.41, 5.74) is 0. The Labute approximate surface area is 67.6 Å². The quantitative estimate of drug-likeness (QED) is 0.463. The first-order valence-electron chi connectivity index (χ1n) is 3.64. The number of rotatable bonds is 2. The second-order valence-corrected chi connectivity index (χ2v) is 3.29. The van der Waals surface area contributed by atoms with Gasteiger partial charge < -0.3 is 4.84 Å². The summed E-state index contributed by atoms with van der Waals surface area (Å²) < 4.78 is 0.490. The van der Waals surface area contributed by atoms with Crippen molar-refractivity contribution < 1.29 is 9.48 Å². The third-order valence-corrected chi connectivity index (χ3v) is 1.12. The van der Waals surface area contributed by atoms with Gasteiger partial charge in [-0.05, 0) is 12.1 Å². The second kappa shape index (κ2) is 2.93. The SMILES string of the molecule is C[N+](C)(C)Oc1ccccc1. The number of hydrogen-bond acceptors (Lipinski definition) is 1. The summed E-state index contributed by atoms with van der Waals surface area (Å²) in [6.45, 7) is 0. The summed E-state index contributed by atoms with van der Waals surface area (Å²) >= 11 is 0. The number of para-hydroxylation sites is 1. The van der Waals surface area contributed by atoms with Crippen molar-refractivity contribution in [1.29, 1.82) is 0 Å². The number of nitrogens with zero attached hydrogens (tertiary/aromatic N) is 1. The minimum absolute atomic E-state index is 0.490. The van der Waals surface area contributed by atoms with E-state index < -0.39 is 0 Å². The summed E-state index contributed by atoms with van der Waals surface area (Å²) in [5.74, 6) is 0.903. The van der Waals surface area contributed by atoms with E-state index in [2.05, 4.69) is 0 Å². The van der Waals surface area contributed by atoms with Crippen LogP contribution in [0, 0.1) is 0 Å². The molecule has 0 heterocycles. The molecule has 11 heavy (non-hydrogen) atoms. The Bertz CT molecular complexity index is 213. The van der Waals surface area contributed by atoms with Gasteiger partial charge in [-0.1, -0.05) is 18.2 Å². The largest absolute Gasteiger partial charge is 0.316 e. The van der Waals surface area contributed by atoms with Gasteiger partial charge in [-0.2, -0.15) is 0 Å². The highest BCUT2D eigenvalue weighted by Crippen LogP contribution is 2.11. The molecule has 0 aliphatic heterocycles. The zero-order chi connectivity index (χ0) is 8.32. The average molecular weight is 152 g/mol. The summed E-state index contributed by atoms with van der Waals surface area (Å²) in [5, 5.41) is 0.